The zero-order valence-electron chi connectivity index (χ0n) is 6.44. The van der Waals surface area contributed by atoms with Crippen LogP contribution in [0, 0.1) is 0 Å². The van der Waals surface area contributed by atoms with Crippen molar-refractivity contribution >= 4 is 21.8 Å². The van der Waals surface area contributed by atoms with E-state index in [1.54, 1.807) is 0 Å². The van der Waals surface area contributed by atoms with Crippen LogP contribution in [-0.4, -0.2) is 11.4 Å². The molecular weight excluding hydrogens is 194 g/mol. The maximum atomic E-state index is 10.8. The fourth-order valence-electron chi connectivity index (χ4n) is 0.468. The van der Waals surface area contributed by atoms with Gasteiger partial charge in [-0.1, -0.05) is 15.9 Å². The van der Waals surface area contributed by atoms with Crippen molar-refractivity contribution < 1.29 is 4.79 Å². The molecule has 0 aliphatic heterocycles. The number of carbonyl (C=O) groups excluding carboxylic acids is 1. The maximum absolute atomic E-state index is 10.8. The van der Waals surface area contributed by atoms with Crippen molar-refractivity contribution in [1.29, 1.82) is 0 Å². The Morgan fingerprint density at radius 1 is 1.50 bits per heavy atom. The highest BCUT2D eigenvalue weighted by Gasteiger charge is 2.10. The summed E-state index contributed by atoms with van der Waals surface area (Å²) < 4.78 is 0. The molecule has 0 fully saturated rings. The molecule has 0 unspecified atom stereocenters. The monoisotopic (exact) mass is 205 g/mol. The van der Waals surface area contributed by atoms with E-state index in [1.165, 1.54) is 11.1 Å². The first-order valence-electron chi connectivity index (χ1n) is 3.04. The molecule has 0 aliphatic carbocycles. The number of amides is 1. The third kappa shape index (κ3) is 5.82. The summed E-state index contributed by atoms with van der Waals surface area (Å²) in [7, 11) is 0. The normalized spacial score (nSPS) is 12.0. The maximum Gasteiger partial charge on any atom is 0.244 e. The van der Waals surface area contributed by atoms with Crippen LogP contribution in [0.4, 0.5) is 0 Å². The second-order valence-corrected chi connectivity index (χ2v) is 3.56. The molecule has 1 amide bonds. The highest BCUT2D eigenvalue weighted by atomic mass is 79.9. The molecule has 3 heteroatoms. The lowest BCUT2D eigenvalue weighted by Gasteiger charge is -2.18. The van der Waals surface area contributed by atoms with Crippen LogP contribution in [0.1, 0.15) is 20.8 Å². The van der Waals surface area contributed by atoms with Crippen molar-refractivity contribution in [2.24, 2.45) is 0 Å². The molecule has 0 aromatic rings. The Bertz CT molecular complexity index is 146. The average Bonchev–Trinajstić information content (AvgIpc) is 1.59. The number of hydrogen-bond acceptors (Lipinski definition) is 1. The van der Waals surface area contributed by atoms with Crippen LogP contribution in [0.25, 0.3) is 0 Å². The molecule has 10 heavy (non-hydrogen) atoms. The van der Waals surface area contributed by atoms with Gasteiger partial charge in [0.15, 0.2) is 0 Å². The first kappa shape index (κ1) is 9.69. The van der Waals surface area contributed by atoms with Crippen LogP contribution in [-0.2, 0) is 4.79 Å². The third-order valence-electron chi connectivity index (χ3n) is 0.713. The molecule has 0 aromatic heterocycles. The third-order valence-corrected chi connectivity index (χ3v) is 0.977. The summed E-state index contributed by atoms with van der Waals surface area (Å²) in [5.74, 6) is -0.0793. The summed E-state index contributed by atoms with van der Waals surface area (Å²) in [5.41, 5.74) is -0.149. The van der Waals surface area contributed by atoms with E-state index >= 15 is 0 Å². The van der Waals surface area contributed by atoms with Gasteiger partial charge in [0.1, 0.15) is 0 Å². The van der Waals surface area contributed by atoms with E-state index in [1.807, 2.05) is 20.8 Å². The fourth-order valence-corrected chi connectivity index (χ4v) is 0.709. The Morgan fingerprint density at radius 2 is 2.00 bits per heavy atom. The van der Waals surface area contributed by atoms with Gasteiger partial charge in [-0.05, 0) is 25.8 Å². The van der Waals surface area contributed by atoms with E-state index in [4.69, 9.17) is 0 Å². The Hall–Kier alpha value is -0.310. The average molecular weight is 206 g/mol. The van der Waals surface area contributed by atoms with Gasteiger partial charge in [0.05, 0.1) is 0 Å². The molecule has 0 heterocycles. The molecule has 0 aliphatic rings. The Morgan fingerprint density at radius 3 is 2.30 bits per heavy atom. The van der Waals surface area contributed by atoms with Gasteiger partial charge in [-0.25, -0.2) is 0 Å². The van der Waals surface area contributed by atoms with Crippen molar-refractivity contribution in [2.45, 2.75) is 26.3 Å². The molecule has 0 saturated heterocycles. The molecule has 0 rings (SSSR count). The van der Waals surface area contributed by atoms with E-state index in [2.05, 4.69) is 21.2 Å². The summed E-state index contributed by atoms with van der Waals surface area (Å²) >= 11 is 3.02. The molecule has 2 nitrogen and oxygen atoms in total. The Labute approximate surface area is 69.8 Å². The van der Waals surface area contributed by atoms with Crippen LogP contribution in [0.5, 0.6) is 0 Å². The lowest BCUT2D eigenvalue weighted by Crippen LogP contribution is -2.39. The molecule has 0 aromatic carbocycles. The van der Waals surface area contributed by atoms with Gasteiger partial charge in [-0.15, -0.1) is 0 Å². The summed E-state index contributed by atoms with van der Waals surface area (Å²) in [6.45, 7) is 5.81. The lowest BCUT2D eigenvalue weighted by atomic mass is 10.1. The second kappa shape index (κ2) is 3.76. The number of halogens is 1. The van der Waals surface area contributed by atoms with Crippen molar-refractivity contribution in [2.75, 3.05) is 0 Å². The zero-order valence-corrected chi connectivity index (χ0v) is 8.03. The van der Waals surface area contributed by atoms with Crippen molar-refractivity contribution in [3.05, 3.63) is 11.1 Å². The van der Waals surface area contributed by atoms with Gasteiger partial charge in [-0.2, -0.15) is 0 Å². The summed E-state index contributed by atoms with van der Waals surface area (Å²) in [6.07, 6.45) is 1.44. The van der Waals surface area contributed by atoms with Gasteiger partial charge >= 0.3 is 0 Å². The highest BCUT2D eigenvalue weighted by molar-refractivity contribution is 9.11. The minimum atomic E-state index is -0.149. The number of nitrogens with one attached hydrogen (secondary N) is 1. The van der Waals surface area contributed by atoms with Gasteiger partial charge in [0.25, 0.3) is 0 Å². The van der Waals surface area contributed by atoms with Crippen molar-refractivity contribution in [3.8, 4) is 0 Å². The molecule has 0 atom stereocenters. The SMILES string of the molecule is CC(C)(C)NC(=O)C=CBr. The minimum Gasteiger partial charge on any atom is -0.348 e. The van der Waals surface area contributed by atoms with E-state index in [0.29, 0.717) is 0 Å². The van der Waals surface area contributed by atoms with E-state index in [0.717, 1.165) is 0 Å². The first-order chi connectivity index (χ1) is 4.45. The van der Waals surface area contributed by atoms with Gasteiger partial charge < -0.3 is 5.32 Å². The van der Waals surface area contributed by atoms with Gasteiger partial charge in [0, 0.05) is 11.6 Å². The number of hydrogen-bond donors (Lipinski definition) is 1. The molecule has 0 bridgehead atoms. The topological polar surface area (TPSA) is 29.1 Å². The van der Waals surface area contributed by atoms with Gasteiger partial charge in [0.2, 0.25) is 5.91 Å². The van der Waals surface area contributed by atoms with Gasteiger partial charge in [-0.3, -0.25) is 4.79 Å². The van der Waals surface area contributed by atoms with Crippen LogP contribution < -0.4 is 5.32 Å². The summed E-state index contributed by atoms with van der Waals surface area (Å²) in [5, 5.41) is 2.76. The Balaban J connectivity index is 3.81. The molecule has 0 saturated carbocycles. The smallest absolute Gasteiger partial charge is 0.244 e. The molecule has 0 spiro atoms. The van der Waals surface area contributed by atoms with Crippen LogP contribution >= 0.6 is 15.9 Å². The lowest BCUT2D eigenvalue weighted by molar-refractivity contribution is -0.117. The quantitative estimate of drug-likeness (QED) is 0.651. The predicted octanol–water partition coefficient (Wildman–Crippen LogP) is 1.81. The fraction of sp³-hybridized carbons (Fsp3) is 0.571. The largest absolute Gasteiger partial charge is 0.348 e. The van der Waals surface area contributed by atoms with Crippen LogP contribution in [0.15, 0.2) is 11.1 Å². The second-order valence-electron chi connectivity index (χ2n) is 3.03. The van der Waals surface area contributed by atoms with Crippen molar-refractivity contribution in [1.82, 2.24) is 5.32 Å². The van der Waals surface area contributed by atoms with E-state index in [9.17, 15) is 4.79 Å². The van der Waals surface area contributed by atoms with Crippen LogP contribution in [0.3, 0.4) is 0 Å². The van der Waals surface area contributed by atoms with E-state index in [-0.39, 0.29) is 11.4 Å². The van der Waals surface area contributed by atoms with E-state index < -0.39 is 0 Å². The molecule has 0 radical (unpaired) electrons. The molecule has 58 valence electrons. The zero-order chi connectivity index (χ0) is 8.20. The molecular formula is C7H12BrNO. The Kier molecular flexibility index (Phi) is 3.64. The van der Waals surface area contributed by atoms with Crippen molar-refractivity contribution in [3.63, 3.8) is 0 Å². The minimum absolute atomic E-state index is 0.0793. The first-order valence-corrected chi connectivity index (χ1v) is 3.96. The standard InChI is InChI=1S/C7H12BrNO/c1-7(2,3)9-6(10)4-5-8/h4-5H,1-3H3,(H,9,10). The summed E-state index contributed by atoms with van der Waals surface area (Å²) in [6, 6.07) is 0. The number of rotatable bonds is 1. The molecule has 1 N–H and O–H groups in total. The highest BCUT2D eigenvalue weighted by Crippen LogP contribution is 1.98. The predicted molar refractivity (Wildman–Crippen MR) is 46.0 cm³/mol. The van der Waals surface area contributed by atoms with Crippen LogP contribution in [0.2, 0.25) is 0 Å². The summed E-state index contributed by atoms with van der Waals surface area (Å²) in [4.78, 5) is 12.4. The number of carbonyl (C=O) groups is 1.